The van der Waals surface area contributed by atoms with Gasteiger partial charge in [0.1, 0.15) is 0 Å². The third-order valence-electron chi connectivity index (χ3n) is 4.01. The summed E-state index contributed by atoms with van der Waals surface area (Å²) in [5.74, 6) is -2.13. The lowest BCUT2D eigenvalue weighted by molar-refractivity contribution is -0.132. The average Bonchev–Trinajstić information content (AvgIpc) is 3.08. The molecule has 1 aromatic rings. The number of anilines is 1. The van der Waals surface area contributed by atoms with Gasteiger partial charge < -0.3 is 4.74 Å². The summed E-state index contributed by atoms with van der Waals surface area (Å²) in [5, 5.41) is 7.35. The van der Waals surface area contributed by atoms with Crippen LogP contribution in [0.2, 0.25) is 10.0 Å². The standard InChI is InChI=1S/C14H10Cl2N4O5/c1-25-12(22)10-5-14(20(17-10)18-24)6-11(21)19(13(14)23)7-2-3-8(15)9(16)4-7/h2-4H,5-6H2,1H3. The topological polar surface area (TPSA) is 109 Å². The molecule has 1 saturated heterocycles. The Kier molecular flexibility index (Phi) is 4.21. The van der Waals surface area contributed by atoms with Gasteiger partial charge in [-0.1, -0.05) is 23.2 Å². The highest BCUT2D eigenvalue weighted by molar-refractivity contribution is 6.42. The molecular formula is C14H10Cl2N4O5. The number of carbonyl (C=O) groups excluding carboxylic acids is 3. The minimum atomic E-state index is -1.69. The second-order valence-corrected chi connectivity index (χ2v) is 6.24. The summed E-state index contributed by atoms with van der Waals surface area (Å²) in [5.41, 5.74) is -1.66. The fourth-order valence-corrected chi connectivity index (χ4v) is 3.12. The number of halogens is 2. The van der Waals surface area contributed by atoms with Gasteiger partial charge in [0.2, 0.25) is 5.91 Å². The van der Waals surface area contributed by atoms with Crippen molar-refractivity contribution in [1.29, 1.82) is 0 Å². The third-order valence-corrected chi connectivity index (χ3v) is 4.75. The highest BCUT2D eigenvalue weighted by Crippen LogP contribution is 2.41. The van der Waals surface area contributed by atoms with Gasteiger partial charge in [0.25, 0.3) is 5.91 Å². The summed E-state index contributed by atoms with van der Waals surface area (Å²) >= 11 is 11.8. The van der Waals surface area contributed by atoms with Crippen LogP contribution in [-0.2, 0) is 19.1 Å². The molecule has 0 aliphatic carbocycles. The number of nitroso groups, excluding NO2 is 1. The molecule has 9 nitrogen and oxygen atoms in total. The summed E-state index contributed by atoms with van der Waals surface area (Å²) < 4.78 is 4.55. The minimum Gasteiger partial charge on any atom is -0.464 e. The molecule has 25 heavy (non-hydrogen) atoms. The largest absolute Gasteiger partial charge is 0.464 e. The van der Waals surface area contributed by atoms with Gasteiger partial charge in [0, 0.05) is 6.42 Å². The van der Waals surface area contributed by atoms with Crippen LogP contribution in [0.25, 0.3) is 0 Å². The number of methoxy groups -OCH3 is 1. The Morgan fingerprint density at radius 1 is 1.28 bits per heavy atom. The number of rotatable bonds is 3. The molecule has 3 rings (SSSR count). The lowest BCUT2D eigenvalue weighted by Gasteiger charge is -2.24. The molecule has 2 aliphatic rings. The normalized spacial score (nSPS) is 22.6. The van der Waals surface area contributed by atoms with Gasteiger partial charge in [-0.15, -0.1) is 15.1 Å². The van der Waals surface area contributed by atoms with Crippen molar-refractivity contribution >= 4 is 52.4 Å². The number of imide groups is 1. The van der Waals surface area contributed by atoms with Crippen LogP contribution in [0.3, 0.4) is 0 Å². The van der Waals surface area contributed by atoms with Crippen molar-refractivity contribution in [2.45, 2.75) is 18.4 Å². The Morgan fingerprint density at radius 3 is 2.60 bits per heavy atom. The number of ether oxygens (including phenoxy) is 1. The monoisotopic (exact) mass is 384 g/mol. The van der Waals surface area contributed by atoms with Crippen LogP contribution in [0.4, 0.5) is 5.69 Å². The van der Waals surface area contributed by atoms with Crippen molar-refractivity contribution in [1.82, 2.24) is 5.12 Å². The van der Waals surface area contributed by atoms with E-state index in [0.29, 0.717) is 5.12 Å². The maximum absolute atomic E-state index is 12.9. The van der Waals surface area contributed by atoms with Crippen LogP contribution in [0.15, 0.2) is 28.6 Å². The Labute approximate surface area is 151 Å². The first-order valence-corrected chi connectivity index (χ1v) is 7.71. The predicted octanol–water partition coefficient (Wildman–Crippen LogP) is 1.91. The molecule has 11 heteroatoms. The zero-order chi connectivity index (χ0) is 18.4. The molecule has 0 bridgehead atoms. The van der Waals surface area contributed by atoms with E-state index in [9.17, 15) is 19.3 Å². The van der Waals surface area contributed by atoms with E-state index in [1.807, 2.05) is 0 Å². The SMILES string of the molecule is COC(=O)C1=NN(N=O)C2(CC(=O)N(c3ccc(Cl)c(Cl)c3)C2=O)C1. The van der Waals surface area contributed by atoms with Gasteiger partial charge in [-0.05, 0) is 18.2 Å². The van der Waals surface area contributed by atoms with Crippen LogP contribution >= 0.6 is 23.2 Å². The van der Waals surface area contributed by atoms with E-state index in [1.54, 1.807) is 0 Å². The Balaban J connectivity index is 1.99. The second kappa shape index (κ2) is 6.08. The Bertz CT molecular complexity index is 843. The zero-order valence-corrected chi connectivity index (χ0v) is 14.2. The summed E-state index contributed by atoms with van der Waals surface area (Å²) in [6.45, 7) is 0. The van der Waals surface area contributed by atoms with Gasteiger partial charge in [0.05, 0.1) is 34.5 Å². The van der Waals surface area contributed by atoms with Crippen LogP contribution < -0.4 is 4.90 Å². The fourth-order valence-electron chi connectivity index (χ4n) is 2.83. The zero-order valence-electron chi connectivity index (χ0n) is 12.7. The number of hydrogen-bond acceptors (Lipinski definition) is 7. The van der Waals surface area contributed by atoms with Crippen LogP contribution in [0.5, 0.6) is 0 Å². The molecule has 130 valence electrons. The van der Waals surface area contributed by atoms with Crippen LogP contribution in [0, 0.1) is 4.91 Å². The maximum atomic E-state index is 12.9. The molecular weight excluding hydrogens is 375 g/mol. The van der Waals surface area contributed by atoms with Gasteiger partial charge in [0.15, 0.2) is 11.3 Å². The summed E-state index contributed by atoms with van der Waals surface area (Å²) in [7, 11) is 1.14. The highest BCUT2D eigenvalue weighted by Gasteiger charge is 2.61. The predicted molar refractivity (Wildman–Crippen MR) is 88.0 cm³/mol. The van der Waals surface area contributed by atoms with Crippen molar-refractivity contribution in [2.24, 2.45) is 10.4 Å². The number of hydrazone groups is 1. The van der Waals surface area contributed by atoms with E-state index >= 15 is 0 Å². The molecule has 1 spiro atoms. The molecule has 2 heterocycles. The van der Waals surface area contributed by atoms with E-state index in [1.165, 1.54) is 18.2 Å². The van der Waals surface area contributed by atoms with Crippen molar-refractivity contribution in [3.8, 4) is 0 Å². The summed E-state index contributed by atoms with van der Waals surface area (Å²) in [6.07, 6.45) is -0.643. The van der Waals surface area contributed by atoms with Gasteiger partial charge in [-0.2, -0.15) is 0 Å². The molecule has 2 aliphatic heterocycles. The fraction of sp³-hybridized carbons (Fsp3) is 0.286. The molecule has 2 amide bonds. The smallest absolute Gasteiger partial charge is 0.354 e. The van der Waals surface area contributed by atoms with E-state index < -0.39 is 23.3 Å². The Morgan fingerprint density at radius 2 is 2.00 bits per heavy atom. The number of hydrogen-bond donors (Lipinski definition) is 0. The lowest BCUT2D eigenvalue weighted by Crippen LogP contribution is -2.48. The van der Waals surface area contributed by atoms with E-state index in [4.69, 9.17) is 23.2 Å². The third kappa shape index (κ3) is 2.56. The maximum Gasteiger partial charge on any atom is 0.354 e. The molecule has 1 atom stereocenters. The summed E-state index contributed by atoms with van der Waals surface area (Å²) in [6, 6.07) is 4.23. The molecule has 1 aromatic carbocycles. The van der Waals surface area contributed by atoms with Gasteiger partial charge in [-0.3, -0.25) is 9.59 Å². The second-order valence-electron chi connectivity index (χ2n) is 5.43. The van der Waals surface area contributed by atoms with Gasteiger partial charge in [-0.25, -0.2) is 9.69 Å². The van der Waals surface area contributed by atoms with Crippen LogP contribution in [0.1, 0.15) is 12.8 Å². The minimum absolute atomic E-state index is 0.156. The van der Waals surface area contributed by atoms with E-state index in [2.05, 4.69) is 15.1 Å². The van der Waals surface area contributed by atoms with E-state index in [-0.39, 0.29) is 34.3 Å². The van der Waals surface area contributed by atoms with Crippen molar-refractivity contribution in [3.05, 3.63) is 33.2 Å². The molecule has 0 saturated carbocycles. The molecule has 0 radical (unpaired) electrons. The van der Waals surface area contributed by atoms with Crippen molar-refractivity contribution < 1.29 is 19.1 Å². The quantitative estimate of drug-likeness (QED) is 0.447. The van der Waals surface area contributed by atoms with Gasteiger partial charge >= 0.3 is 5.97 Å². The molecule has 1 fully saturated rings. The number of esters is 1. The van der Waals surface area contributed by atoms with Crippen molar-refractivity contribution in [3.63, 3.8) is 0 Å². The first kappa shape index (κ1) is 17.3. The number of benzene rings is 1. The Hall–Kier alpha value is -2.52. The molecule has 0 N–H and O–H groups in total. The highest BCUT2D eigenvalue weighted by atomic mass is 35.5. The van der Waals surface area contributed by atoms with Crippen LogP contribution in [-0.4, -0.2) is 41.3 Å². The first-order valence-electron chi connectivity index (χ1n) is 6.96. The number of amides is 2. The van der Waals surface area contributed by atoms with E-state index in [0.717, 1.165) is 12.0 Å². The average molecular weight is 385 g/mol. The number of nitrogens with zero attached hydrogens (tertiary/aromatic N) is 4. The first-order chi connectivity index (χ1) is 11.8. The number of carbonyl (C=O) groups is 3. The summed E-state index contributed by atoms with van der Waals surface area (Å²) in [4.78, 5) is 49.0. The molecule has 0 aromatic heterocycles. The van der Waals surface area contributed by atoms with Crippen molar-refractivity contribution in [2.75, 3.05) is 12.0 Å². The lowest BCUT2D eigenvalue weighted by atomic mass is 9.92. The molecule has 1 unspecified atom stereocenters.